The molecule has 0 atom stereocenters. The maximum Gasteiger partial charge on any atom is 0.410 e. The zero-order valence-corrected chi connectivity index (χ0v) is 30.7. The summed E-state index contributed by atoms with van der Waals surface area (Å²) >= 11 is 0. The molecule has 3 rings (SSSR count). The summed E-state index contributed by atoms with van der Waals surface area (Å²) in [6.07, 6.45) is 7.70. The lowest BCUT2D eigenvalue weighted by Gasteiger charge is -2.27. The van der Waals surface area contributed by atoms with E-state index in [9.17, 15) is 24.0 Å². The second-order valence-electron chi connectivity index (χ2n) is 14.3. The Morgan fingerprint density at radius 3 is 2.16 bits per heavy atom. The van der Waals surface area contributed by atoms with Crippen molar-refractivity contribution >= 4 is 29.7 Å². The van der Waals surface area contributed by atoms with Crippen molar-refractivity contribution in [2.75, 3.05) is 20.6 Å². The van der Waals surface area contributed by atoms with E-state index in [1.165, 1.54) is 18.0 Å². The summed E-state index contributed by atoms with van der Waals surface area (Å²) in [5.41, 5.74) is 0.724. The fraction of sp³-hybridized carbons (Fsp3) is 0.410. The summed E-state index contributed by atoms with van der Waals surface area (Å²) < 4.78 is 25.9. The van der Waals surface area contributed by atoms with E-state index in [1.807, 2.05) is 35.2 Å². The van der Waals surface area contributed by atoms with Crippen LogP contribution in [0, 0.1) is 0 Å². The molecule has 3 amide bonds. The maximum absolute atomic E-state index is 15.1. The predicted octanol–water partition coefficient (Wildman–Crippen LogP) is 6.07. The number of rotatable bonds is 12. The van der Waals surface area contributed by atoms with Crippen molar-refractivity contribution in [1.82, 2.24) is 20.4 Å². The highest BCUT2D eigenvalue weighted by molar-refractivity contribution is 6.03. The first-order valence-electron chi connectivity index (χ1n) is 16.7. The van der Waals surface area contributed by atoms with Crippen molar-refractivity contribution in [3.8, 4) is 0 Å². The van der Waals surface area contributed by atoms with E-state index in [-0.39, 0.29) is 30.7 Å². The molecule has 0 radical (unpaired) electrons. The van der Waals surface area contributed by atoms with Crippen LogP contribution in [0.15, 0.2) is 101 Å². The Kier molecular flexibility index (Phi) is 13.9. The van der Waals surface area contributed by atoms with Gasteiger partial charge in [0.2, 0.25) is 11.8 Å². The number of ether oxygens (including phenoxy) is 2. The number of amides is 3. The Hall–Kier alpha value is -5.26. The van der Waals surface area contributed by atoms with E-state index in [2.05, 4.69) is 10.6 Å². The molecule has 2 aliphatic carbocycles. The minimum atomic E-state index is -0.736. The summed E-state index contributed by atoms with van der Waals surface area (Å²) in [6.45, 7) is 10.9. The molecule has 0 saturated heterocycles. The lowest BCUT2D eigenvalue weighted by molar-refractivity contribution is -0.150. The highest BCUT2D eigenvalue weighted by Crippen LogP contribution is 2.28. The highest BCUT2D eigenvalue weighted by atomic mass is 19.1. The Balaban J connectivity index is 1.84. The number of hydrogen-bond acceptors (Lipinski definition) is 8. The first-order chi connectivity index (χ1) is 23.8. The molecule has 0 bridgehead atoms. The van der Waals surface area contributed by atoms with Gasteiger partial charge in [-0.15, -0.1) is 0 Å². The van der Waals surface area contributed by atoms with E-state index in [0.29, 0.717) is 29.9 Å². The molecule has 2 aliphatic rings. The number of benzene rings is 1. The van der Waals surface area contributed by atoms with Crippen LogP contribution in [0.3, 0.4) is 0 Å². The number of allylic oxidation sites excluding steroid dienone is 8. The highest BCUT2D eigenvalue weighted by Gasteiger charge is 2.27. The standard InChI is InChI=1S/C39H49FN4O7/c1-38(2,3)50-36(48)27-15-12-16-29(19-17-27)41-33(46)24-34(47)42-35-30(32(45)21-22-43(7)37(49)51-39(4,5)6)23-28(40)18-20-31(35)44(8)25-26-13-10-9-11-14-26/h9-14,16-19,23H,15,20-22,24-25H2,1-8H3,(H,41,46)(H,42,47). The summed E-state index contributed by atoms with van der Waals surface area (Å²) in [6, 6.07) is 9.49. The monoisotopic (exact) mass is 704 g/mol. The number of esters is 1. The Bertz CT molecular complexity index is 1690. The lowest BCUT2D eigenvalue weighted by Crippen LogP contribution is -2.36. The maximum atomic E-state index is 15.1. The van der Waals surface area contributed by atoms with Crippen LogP contribution in [0.1, 0.15) is 72.8 Å². The van der Waals surface area contributed by atoms with Crippen molar-refractivity contribution in [3.05, 3.63) is 106 Å². The van der Waals surface area contributed by atoms with Gasteiger partial charge in [0.05, 0.1) is 5.70 Å². The van der Waals surface area contributed by atoms with Gasteiger partial charge in [0, 0.05) is 62.6 Å². The molecular formula is C39H49FN4O7. The smallest absolute Gasteiger partial charge is 0.410 e. The molecule has 12 heteroatoms. The number of nitrogens with zero attached hydrogens (tertiary/aromatic N) is 2. The molecule has 1 aromatic carbocycles. The average Bonchev–Trinajstić information content (AvgIpc) is 3.35. The van der Waals surface area contributed by atoms with Crippen molar-refractivity contribution in [3.63, 3.8) is 0 Å². The number of hydrogen-bond donors (Lipinski definition) is 2. The molecule has 2 N–H and O–H groups in total. The molecule has 0 fully saturated rings. The fourth-order valence-electron chi connectivity index (χ4n) is 4.95. The fourth-order valence-corrected chi connectivity index (χ4v) is 4.95. The second kappa shape index (κ2) is 17.6. The number of halogens is 1. The van der Waals surface area contributed by atoms with E-state index < -0.39 is 53.1 Å². The largest absolute Gasteiger partial charge is 0.457 e. The first kappa shape index (κ1) is 40.2. The van der Waals surface area contributed by atoms with Gasteiger partial charge in [0.15, 0.2) is 5.78 Å². The number of ketones is 1. The van der Waals surface area contributed by atoms with Gasteiger partial charge in [-0.05, 0) is 83.9 Å². The molecular weight excluding hydrogens is 655 g/mol. The van der Waals surface area contributed by atoms with Crippen LogP contribution < -0.4 is 10.6 Å². The van der Waals surface area contributed by atoms with E-state index >= 15 is 4.39 Å². The van der Waals surface area contributed by atoms with Crippen LogP contribution in [0.25, 0.3) is 0 Å². The van der Waals surface area contributed by atoms with Crippen LogP contribution in [0.5, 0.6) is 0 Å². The molecule has 0 saturated carbocycles. The minimum absolute atomic E-state index is 0.0258. The molecule has 0 heterocycles. The van der Waals surface area contributed by atoms with E-state index in [1.54, 1.807) is 72.9 Å². The van der Waals surface area contributed by atoms with Crippen LogP contribution in [-0.2, 0) is 35.2 Å². The first-order valence-corrected chi connectivity index (χ1v) is 16.7. The summed E-state index contributed by atoms with van der Waals surface area (Å²) in [5.74, 6) is -3.05. The molecule has 0 unspecified atom stereocenters. The molecule has 51 heavy (non-hydrogen) atoms. The molecule has 0 aromatic heterocycles. The van der Waals surface area contributed by atoms with Crippen LogP contribution in [0.4, 0.5) is 9.18 Å². The van der Waals surface area contributed by atoms with Gasteiger partial charge in [-0.1, -0.05) is 36.4 Å². The normalized spacial score (nSPS) is 14.8. The van der Waals surface area contributed by atoms with Crippen molar-refractivity contribution in [1.29, 1.82) is 0 Å². The Morgan fingerprint density at radius 2 is 1.51 bits per heavy atom. The SMILES string of the molecule is CN(CCC(=O)C1=CC(F)=CCC(N(C)Cc2ccccc2)=C1NC(=O)CC(=O)NC1=CC=C(C(=O)OC(C)(C)C)CC=C1)C(=O)OC(C)(C)C. The summed E-state index contributed by atoms with van der Waals surface area (Å²) in [5, 5.41) is 5.39. The minimum Gasteiger partial charge on any atom is -0.457 e. The topological polar surface area (TPSA) is 134 Å². The van der Waals surface area contributed by atoms with Gasteiger partial charge < -0.3 is 29.9 Å². The van der Waals surface area contributed by atoms with Crippen molar-refractivity contribution in [2.45, 2.75) is 85.0 Å². The van der Waals surface area contributed by atoms with Crippen LogP contribution in [-0.4, -0.2) is 71.3 Å². The molecule has 274 valence electrons. The van der Waals surface area contributed by atoms with Crippen LogP contribution in [0.2, 0.25) is 0 Å². The van der Waals surface area contributed by atoms with Crippen LogP contribution >= 0.6 is 0 Å². The molecule has 0 spiro atoms. The number of carbonyl (C=O) groups is 5. The quantitative estimate of drug-likeness (QED) is 0.198. The number of Topliss-reactive ketones (excluding diaryl/α,β-unsaturated/α-hetero) is 1. The van der Waals surface area contributed by atoms with E-state index in [4.69, 9.17) is 9.47 Å². The average molecular weight is 705 g/mol. The zero-order valence-electron chi connectivity index (χ0n) is 30.7. The lowest BCUT2D eigenvalue weighted by atomic mass is 10.0. The second-order valence-corrected chi connectivity index (χ2v) is 14.3. The van der Waals surface area contributed by atoms with Gasteiger partial charge in [-0.3, -0.25) is 14.4 Å². The Morgan fingerprint density at radius 1 is 0.863 bits per heavy atom. The number of carbonyl (C=O) groups excluding carboxylic acids is 5. The van der Waals surface area contributed by atoms with Gasteiger partial charge in [-0.2, -0.15) is 0 Å². The third-order valence-corrected chi connectivity index (χ3v) is 7.36. The Labute approximate surface area is 299 Å². The van der Waals surface area contributed by atoms with Gasteiger partial charge >= 0.3 is 12.1 Å². The molecule has 11 nitrogen and oxygen atoms in total. The third-order valence-electron chi connectivity index (χ3n) is 7.36. The van der Waals surface area contributed by atoms with Crippen molar-refractivity contribution < 1.29 is 37.8 Å². The summed E-state index contributed by atoms with van der Waals surface area (Å²) in [4.78, 5) is 68.2. The van der Waals surface area contributed by atoms with Gasteiger partial charge in [-0.25, -0.2) is 14.0 Å². The molecule has 0 aliphatic heterocycles. The third kappa shape index (κ3) is 13.5. The molecule has 1 aromatic rings. The predicted molar refractivity (Wildman–Crippen MR) is 192 cm³/mol. The van der Waals surface area contributed by atoms with E-state index in [0.717, 1.165) is 11.6 Å². The van der Waals surface area contributed by atoms with Gasteiger partial charge in [0.1, 0.15) is 23.4 Å². The zero-order chi connectivity index (χ0) is 37.9. The summed E-state index contributed by atoms with van der Waals surface area (Å²) in [7, 11) is 3.26. The number of nitrogens with one attached hydrogen (secondary N) is 2. The van der Waals surface area contributed by atoms with Gasteiger partial charge in [0.25, 0.3) is 0 Å². The van der Waals surface area contributed by atoms with Crippen molar-refractivity contribution in [2.24, 2.45) is 0 Å².